The predicted molar refractivity (Wildman–Crippen MR) is 151 cm³/mol. The first-order chi connectivity index (χ1) is 18.9. The first kappa shape index (κ1) is 27.5. The van der Waals surface area contributed by atoms with Gasteiger partial charge in [-0.3, -0.25) is 19.8 Å². The molecule has 4 aromatic carbocycles. The number of hydrogen-bond donors (Lipinski definition) is 0. The van der Waals surface area contributed by atoms with E-state index < -0.39 is 4.92 Å². The molecule has 0 saturated heterocycles. The quantitative estimate of drug-likeness (QED) is 0.113. The van der Waals surface area contributed by atoms with E-state index in [0.29, 0.717) is 6.54 Å². The molecule has 0 unspecified atom stereocenters. The third-order valence-corrected chi connectivity index (χ3v) is 6.60. The molecule has 0 fully saturated rings. The van der Waals surface area contributed by atoms with Crippen molar-refractivity contribution in [2.24, 2.45) is 0 Å². The zero-order valence-corrected chi connectivity index (χ0v) is 22.2. The second kappa shape index (κ2) is 13.3. The van der Waals surface area contributed by atoms with Gasteiger partial charge in [0.1, 0.15) is 12.4 Å². The van der Waals surface area contributed by atoms with Crippen molar-refractivity contribution in [1.29, 1.82) is 0 Å². The molecule has 4 aromatic rings. The molecule has 0 bridgehead atoms. The first-order valence-corrected chi connectivity index (χ1v) is 12.8. The van der Waals surface area contributed by atoms with E-state index in [1.807, 2.05) is 84.9 Å². The van der Waals surface area contributed by atoms with Crippen LogP contribution in [0.4, 0.5) is 5.69 Å². The number of nitro benzene ring substituents is 1. The zero-order chi connectivity index (χ0) is 27.6. The van der Waals surface area contributed by atoms with E-state index >= 15 is 0 Å². The summed E-state index contributed by atoms with van der Waals surface area (Å²) >= 11 is 0. The number of carbonyl (C=O) groups excluding carboxylic acids is 1. The lowest BCUT2D eigenvalue weighted by Crippen LogP contribution is -2.38. The third kappa shape index (κ3) is 7.75. The van der Waals surface area contributed by atoms with Crippen LogP contribution in [0.1, 0.15) is 34.0 Å². The maximum atomic E-state index is 13.4. The summed E-state index contributed by atoms with van der Waals surface area (Å²) in [6.07, 6.45) is 0.733. The average molecular weight is 525 g/mol. The lowest BCUT2D eigenvalue weighted by molar-refractivity contribution is -0.386. The molecule has 0 N–H and O–H groups in total. The summed E-state index contributed by atoms with van der Waals surface area (Å²) in [4.78, 5) is 26.8. The molecule has 0 aliphatic heterocycles. The second-order valence-corrected chi connectivity index (χ2v) is 9.43. The Morgan fingerprint density at radius 3 is 2.13 bits per heavy atom. The molecule has 39 heavy (non-hydrogen) atoms. The van der Waals surface area contributed by atoms with Gasteiger partial charge in [-0.2, -0.15) is 0 Å². The first-order valence-electron chi connectivity index (χ1n) is 12.8. The predicted octanol–water partition coefficient (Wildman–Crippen LogP) is 6.50. The highest BCUT2D eigenvalue weighted by Crippen LogP contribution is 2.29. The number of ether oxygens (including phenoxy) is 2. The van der Waals surface area contributed by atoms with E-state index in [4.69, 9.17) is 9.47 Å². The van der Waals surface area contributed by atoms with Crippen LogP contribution in [-0.2, 0) is 19.6 Å². The summed E-state index contributed by atoms with van der Waals surface area (Å²) in [5, 5.41) is 11.8. The second-order valence-electron chi connectivity index (χ2n) is 9.43. The molecular formula is C32H32N2O5. The summed E-state index contributed by atoms with van der Waals surface area (Å²) in [6.45, 7) is 2.98. The van der Waals surface area contributed by atoms with Crippen LogP contribution in [0.2, 0.25) is 0 Å². The molecule has 0 radical (unpaired) electrons. The van der Waals surface area contributed by atoms with Gasteiger partial charge in [0.2, 0.25) is 0 Å². The van der Waals surface area contributed by atoms with Crippen molar-refractivity contribution in [3.8, 4) is 11.5 Å². The van der Waals surface area contributed by atoms with Gasteiger partial charge < -0.3 is 9.47 Å². The lowest BCUT2D eigenvalue weighted by Gasteiger charge is -2.29. The van der Waals surface area contributed by atoms with Crippen LogP contribution in [0.5, 0.6) is 11.5 Å². The highest BCUT2D eigenvalue weighted by Gasteiger charge is 2.23. The Morgan fingerprint density at radius 1 is 0.872 bits per heavy atom. The minimum atomic E-state index is -0.509. The van der Waals surface area contributed by atoms with E-state index in [0.717, 1.165) is 28.9 Å². The molecular weight excluding hydrogens is 492 g/mol. The fourth-order valence-corrected chi connectivity index (χ4v) is 4.38. The number of rotatable bonds is 13. The van der Waals surface area contributed by atoms with Gasteiger partial charge in [-0.15, -0.1) is 0 Å². The van der Waals surface area contributed by atoms with Gasteiger partial charge in [-0.1, -0.05) is 72.8 Å². The molecule has 0 aromatic heterocycles. The number of methoxy groups -OCH3 is 1. The number of hydrogen-bond acceptors (Lipinski definition) is 6. The van der Waals surface area contributed by atoms with Crippen molar-refractivity contribution in [2.45, 2.75) is 32.5 Å². The minimum absolute atomic E-state index is 0.0333. The Kier molecular flexibility index (Phi) is 9.43. The molecule has 0 amide bonds. The van der Waals surface area contributed by atoms with Gasteiger partial charge in [0.05, 0.1) is 18.6 Å². The molecule has 0 heterocycles. The van der Waals surface area contributed by atoms with E-state index in [2.05, 4.69) is 11.8 Å². The van der Waals surface area contributed by atoms with Gasteiger partial charge in [-0.05, 0) is 54.3 Å². The third-order valence-electron chi connectivity index (χ3n) is 6.60. The molecule has 0 spiro atoms. The molecule has 4 rings (SSSR count). The number of carbonyl (C=O) groups is 1. The van der Waals surface area contributed by atoms with Crippen molar-refractivity contribution in [2.75, 3.05) is 13.7 Å². The molecule has 0 saturated carbocycles. The van der Waals surface area contributed by atoms with Gasteiger partial charge in [0.15, 0.2) is 11.5 Å². The Hall–Kier alpha value is -4.49. The fourth-order valence-electron chi connectivity index (χ4n) is 4.38. The highest BCUT2D eigenvalue weighted by molar-refractivity contribution is 5.98. The molecule has 7 heteroatoms. The number of benzene rings is 4. The number of nitro groups is 1. The summed E-state index contributed by atoms with van der Waals surface area (Å²) in [6, 6.07) is 31.8. The van der Waals surface area contributed by atoms with E-state index in [1.165, 1.54) is 12.1 Å². The van der Waals surface area contributed by atoms with Crippen LogP contribution in [0, 0.1) is 10.1 Å². The number of Topliss-reactive ketones (excluding diaryl/α,β-unsaturated/α-hetero) is 1. The maximum Gasteiger partial charge on any atom is 0.311 e. The normalized spacial score (nSPS) is 11.7. The van der Waals surface area contributed by atoms with Crippen LogP contribution < -0.4 is 9.47 Å². The Balaban J connectivity index is 1.51. The zero-order valence-electron chi connectivity index (χ0n) is 22.2. The topological polar surface area (TPSA) is 81.9 Å². The molecule has 0 aliphatic rings. The molecule has 7 nitrogen and oxygen atoms in total. The largest absolute Gasteiger partial charge is 0.497 e. The van der Waals surface area contributed by atoms with Gasteiger partial charge in [0, 0.05) is 24.2 Å². The lowest BCUT2D eigenvalue weighted by atomic mass is 10.0. The van der Waals surface area contributed by atoms with Crippen LogP contribution in [0.25, 0.3) is 0 Å². The minimum Gasteiger partial charge on any atom is -0.497 e. The van der Waals surface area contributed by atoms with Crippen LogP contribution in [0.15, 0.2) is 103 Å². The smallest absolute Gasteiger partial charge is 0.311 e. The monoisotopic (exact) mass is 524 g/mol. The summed E-state index contributed by atoms with van der Waals surface area (Å²) in [5.41, 5.74) is 3.17. The molecule has 1 atom stereocenters. The van der Waals surface area contributed by atoms with E-state index in [-0.39, 0.29) is 42.0 Å². The molecule has 0 aliphatic carbocycles. The Bertz CT molecular complexity index is 1380. The summed E-state index contributed by atoms with van der Waals surface area (Å²) < 4.78 is 11.0. The number of nitrogens with zero attached hydrogens (tertiary/aromatic N) is 2. The van der Waals surface area contributed by atoms with Crippen molar-refractivity contribution in [3.63, 3.8) is 0 Å². The van der Waals surface area contributed by atoms with Crippen molar-refractivity contribution in [1.82, 2.24) is 4.90 Å². The van der Waals surface area contributed by atoms with Crippen molar-refractivity contribution >= 4 is 11.5 Å². The average Bonchev–Trinajstić information content (AvgIpc) is 2.97. The Labute approximate surface area is 228 Å². The number of ketones is 1. The van der Waals surface area contributed by atoms with E-state index in [1.54, 1.807) is 13.2 Å². The molecule has 200 valence electrons. The van der Waals surface area contributed by atoms with Gasteiger partial charge >= 0.3 is 5.69 Å². The Morgan fingerprint density at radius 2 is 1.51 bits per heavy atom. The van der Waals surface area contributed by atoms with Crippen LogP contribution in [0.3, 0.4) is 0 Å². The maximum absolute atomic E-state index is 13.4. The van der Waals surface area contributed by atoms with Crippen LogP contribution in [-0.4, -0.2) is 35.3 Å². The SMILES string of the molecule is COc1ccc(C[C@H](C)N(CC(=O)c2ccc(OCc3ccccc3)c([N+](=O)[O-])c2)Cc2ccccc2)cc1. The van der Waals surface area contributed by atoms with Crippen molar-refractivity contribution in [3.05, 3.63) is 135 Å². The van der Waals surface area contributed by atoms with Crippen molar-refractivity contribution < 1.29 is 19.2 Å². The van der Waals surface area contributed by atoms with E-state index in [9.17, 15) is 14.9 Å². The summed E-state index contributed by atoms with van der Waals surface area (Å²) in [5.74, 6) is 0.736. The fraction of sp³-hybridized carbons (Fsp3) is 0.219. The van der Waals surface area contributed by atoms with Crippen LogP contribution >= 0.6 is 0 Å². The van der Waals surface area contributed by atoms with Gasteiger partial charge in [0.25, 0.3) is 0 Å². The standard InChI is InChI=1S/C32H32N2O5/c1-24(19-25-13-16-29(38-2)17-14-25)33(21-26-9-5-3-6-10-26)22-31(35)28-15-18-32(30(20-28)34(36)37)39-23-27-11-7-4-8-12-27/h3-18,20,24H,19,21-23H2,1-2H3/t24-/m0/s1. The highest BCUT2D eigenvalue weighted by atomic mass is 16.6. The summed E-state index contributed by atoms with van der Waals surface area (Å²) in [7, 11) is 1.64. The van der Waals surface area contributed by atoms with Gasteiger partial charge in [-0.25, -0.2) is 0 Å².